The van der Waals surface area contributed by atoms with Crippen LogP contribution in [0.2, 0.25) is 0 Å². The van der Waals surface area contributed by atoms with Crippen LogP contribution in [0.15, 0.2) is 121 Å². The van der Waals surface area contributed by atoms with Gasteiger partial charge in [-0.1, -0.05) is 72.8 Å². The minimum atomic E-state index is 1.29. The number of hydrogen-bond acceptors (Lipinski definition) is 0. The van der Waals surface area contributed by atoms with E-state index in [1.54, 1.807) is 0 Å². The molecule has 0 N–H and O–H groups in total. The van der Waals surface area contributed by atoms with E-state index in [9.17, 15) is 0 Å². The normalized spacial score (nSPS) is 12.4. The zero-order valence-corrected chi connectivity index (χ0v) is 19.5. The smallest absolute Gasteiger partial charge is 0.00324 e. The second-order valence-corrected chi connectivity index (χ2v) is 10.2. The lowest BCUT2D eigenvalue weighted by atomic mass is 9.91. The first-order valence-electron chi connectivity index (χ1n) is 12.6. The lowest BCUT2D eigenvalue weighted by molar-refractivity contribution is 1.79. The van der Waals surface area contributed by atoms with Crippen molar-refractivity contribution in [1.29, 1.82) is 0 Å². The molecule has 0 amide bonds. The van der Waals surface area contributed by atoms with Gasteiger partial charge in [-0.2, -0.15) is 0 Å². The molecule has 36 heavy (non-hydrogen) atoms. The summed E-state index contributed by atoms with van der Waals surface area (Å²) in [5.74, 6) is 0. The summed E-state index contributed by atoms with van der Waals surface area (Å²) >= 11 is 0. The van der Waals surface area contributed by atoms with Crippen LogP contribution in [0.3, 0.4) is 0 Å². The minimum absolute atomic E-state index is 1.29. The molecule has 0 heteroatoms. The third kappa shape index (κ3) is 2.38. The molecule has 0 saturated heterocycles. The summed E-state index contributed by atoms with van der Waals surface area (Å²) in [5, 5.41) is 21.1. The third-order valence-electron chi connectivity index (χ3n) is 8.21. The summed E-state index contributed by atoms with van der Waals surface area (Å²) in [5.41, 5.74) is 0. The Labute approximate surface area is 207 Å². The van der Waals surface area contributed by atoms with Crippen molar-refractivity contribution in [3.05, 3.63) is 121 Å². The van der Waals surface area contributed by atoms with Gasteiger partial charge in [0.15, 0.2) is 0 Å². The van der Waals surface area contributed by atoms with Crippen LogP contribution in [-0.2, 0) is 0 Å². The van der Waals surface area contributed by atoms with Crippen molar-refractivity contribution in [1.82, 2.24) is 0 Å². The maximum Gasteiger partial charge on any atom is -0.00324 e. The molecule has 0 atom stereocenters. The maximum atomic E-state index is 2.39. The van der Waals surface area contributed by atoms with Crippen molar-refractivity contribution in [3.63, 3.8) is 0 Å². The van der Waals surface area contributed by atoms with Crippen LogP contribution < -0.4 is 0 Å². The highest BCUT2D eigenvalue weighted by molar-refractivity contribution is 6.25. The van der Waals surface area contributed by atoms with Crippen molar-refractivity contribution in [2.24, 2.45) is 0 Å². The second kappa shape index (κ2) is 6.50. The van der Waals surface area contributed by atoms with Gasteiger partial charge in [-0.25, -0.2) is 0 Å². The molecule has 0 heterocycles. The van der Waals surface area contributed by atoms with E-state index in [4.69, 9.17) is 0 Å². The fraction of sp³-hybridized carbons (Fsp3) is 0. The molecule has 0 aliphatic heterocycles. The third-order valence-corrected chi connectivity index (χ3v) is 8.21. The van der Waals surface area contributed by atoms with E-state index in [1.165, 1.54) is 86.2 Å². The molecule has 0 bridgehead atoms. The molecular formula is C36H20. The standard InChI is InChI=1S/C36H20/c1-5-21-7-3-11-31-33-19-27-16-26-18-30-14-24-10-2-6-22-8-4-12-32(36(22)24)34(30)20-28(26)15-25(27)17-29(33)13-23(9-1)35(21)31/h1-20H. The van der Waals surface area contributed by atoms with Crippen molar-refractivity contribution < 1.29 is 0 Å². The number of hydrogen-bond donors (Lipinski definition) is 0. The molecule has 0 unspecified atom stereocenters. The fourth-order valence-electron chi connectivity index (χ4n) is 6.61. The second-order valence-electron chi connectivity index (χ2n) is 10.2. The molecule has 9 aromatic rings. The largest absolute Gasteiger partial charge is 0.0610 e. The predicted molar refractivity (Wildman–Crippen MR) is 158 cm³/mol. The van der Waals surface area contributed by atoms with Crippen molar-refractivity contribution in [2.45, 2.75) is 0 Å². The monoisotopic (exact) mass is 452 g/mol. The van der Waals surface area contributed by atoms with Crippen LogP contribution in [0.5, 0.6) is 0 Å². The molecule has 0 aromatic heterocycles. The van der Waals surface area contributed by atoms with E-state index in [0.29, 0.717) is 0 Å². The predicted octanol–water partition coefficient (Wildman–Crippen LogP) is 10.3. The summed E-state index contributed by atoms with van der Waals surface area (Å²) in [7, 11) is 0. The maximum absolute atomic E-state index is 2.39. The molecule has 164 valence electrons. The lowest BCUT2D eigenvalue weighted by Crippen LogP contribution is -1.85. The Morgan fingerprint density at radius 3 is 1.03 bits per heavy atom. The topological polar surface area (TPSA) is 0 Å². The van der Waals surface area contributed by atoms with Crippen LogP contribution in [0, 0.1) is 0 Å². The van der Waals surface area contributed by atoms with Gasteiger partial charge >= 0.3 is 0 Å². The first-order valence-corrected chi connectivity index (χ1v) is 12.6. The fourth-order valence-corrected chi connectivity index (χ4v) is 6.61. The first-order chi connectivity index (χ1) is 17.8. The van der Waals surface area contributed by atoms with E-state index in [2.05, 4.69) is 121 Å². The Bertz CT molecular complexity index is 2170. The van der Waals surface area contributed by atoms with E-state index in [1.807, 2.05) is 0 Å². The van der Waals surface area contributed by atoms with Gasteiger partial charge in [0, 0.05) is 0 Å². The molecule has 0 aliphatic carbocycles. The Morgan fingerprint density at radius 2 is 0.556 bits per heavy atom. The molecule has 0 saturated carbocycles. The van der Waals surface area contributed by atoms with Gasteiger partial charge in [-0.3, -0.25) is 0 Å². The molecule has 0 radical (unpaired) electrons. The van der Waals surface area contributed by atoms with Crippen LogP contribution >= 0.6 is 0 Å². The molecular weight excluding hydrogens is 432 g/mol. The highest BCUT2D eigenvalue weighted by Gasteiger charge is 2.11. The molecule has 0 fully saturated rings. The first kappa shape index (κ1) is 18.6. The zero-order chi connectivity index (χ0) is 23.4. The Morgan fingerprint density at radius 1 is 0.222 bits per heavy atom. The highest BCUT2D eigenvalue weighted by Crippen LogP contribution is 2.39. The summed E-state index contributed by atoms with van der Waals surface area (Å²) < 4.78 is 0. The number of benzene rings is 9. The molecule has 0 aliphatic rings. The van der Waals surface area contributed by atoms with Crippen molar-refractivity contribution in [2.75, 3.05) is 0 Å². The van der Waals surface area contributed by atoms with Gasteiger partial charge < -0.3 is 0 Å². The van der Waals surface area contributed by atoms with Gasteiger partial charge in [0.2, 0.25) is 0 Å². The Kier molecular flexibility index (Phi) is 3.36. The van der Waals surface area contributed by atoms with Crippen LogP contribution in [0.1, 0.15) is 0 Å². The Hall–Kier alpha value is -4.68. The minimum Gasteiger partial charge on any atom is -0.0610 e. The summed E-state index contributed by atoms with van der Waals surface area (Å²) in [6.07, 6.45) is 0. The summed E-state index contributed by atoms with van der Waals surface area (Å²) in [4.78, 5) is 0. The van der Waals surface area contributed by atoms with E-state index in [-0.39, 0.29) is 0 Å². The van der Waals surface area contributed by atoms with Gasteiger partial charge in [0.1, 0.15) is 0 Å². The number of fused-ring (bicyclic) bond motifs is 6. The average molecular weight is 453 g/mol. The average Bonchev–Trinajstić information content (AvgIpc) is 2.91. The number of rotatable bonds is 0. The van der Waals surface area contributed by atoms with E-state index < -0.39 is 0 Å². The molecule has 9 aromatic carbocycles. The van der Waals surface area contributed by atoms with Crippen molar-refractivity contribution >= 4 is 86.2 Å². The van der Waals surface area contributed by atoms with Gasteiger partial charge in [0.25, 0.3) is 0 Å². The summed E-state index contributed by atoms with van der Waals surface area (Å²) in [6.45, 7) is 0. The van der Waals surface area contributed by atoms with E-state index in [0.717, 1.165) is 0 Å². The van der Waals surface area contributed by atoms with Crippen molar-refractivity contribution in [3.8, 4) is 0 Å². The highest BCUT2D eigenvalue weighted by atomic mass is 14.1. The quantitative estimate of drug-likeness (QED) is 0.159. The van der Waals surface area contributed by atoms with Gasteiger partial charge in [-0.15, -0.1) is 0 Å². The SMILES string of the molecule is c1cc2cccc3c4cc5cc6cc7cc8cccc9cccc(c7cc6cc5cc4cc(c1)c23)c98. The van der Waals surface area contributed by atoms with Crippen LogP contribution in [-0.4, -0.2) is 0 Å². The zero-order valence-electron chi connectivity index (χ0n) is 19.5. The van der Waals surface area contributed by atoms with Crippen LogP contribution in [0.25, 0.3) is 86.2 Å². The lowest BCUT2D eigenvalue weighted by Gasteiger charge is -2.13. The van der Waals surface area contributed by atoms with Crippen LogP contribution in [0.4, 0.5) is 0 Å². The Balaban J connectivity index is 1.41. The molecule has 0 spiro atoms. The molecule has 9 rings (SSSR count). The summed E-state index contributed by atoms with van der Waals surface area (Å²) in [6, 6.07) is 45.6. The van der Waals surface area contributed by atoms with E-state index >= 15 is 0 Å². The van der Waals surface area contributed by atoms with Gasteiger partial charge in [-0.05, 0) is 135 Å². The molecule has 0 nitrogen and oxygen atoms in total. The van der Waals surface area contributed by atoms with Gasteiger partial charge in [0.05, 0.1) is 0 Å².